The number of benzene rings is 1. The van der Waals surface area contributed by atoms with Gasteiger partial charge >= 0.3 is 0 Å². The van der Waals surface area contributed by atoms with Crippen molar-refractivity contribution in [2.45, 2.75) is 61.1 Å². The van der Waals surface area contributed by atoms with E-state index in [1.807, 2.05) is 52.9 Å². The van der Waals surface area contributed by atoms with Crippen molar-refractivity contribution in [1.29, 1.82) is 0 Å². The first kappa shape index (κ1) is 34.5. The molecule has 5 aromatic heterocycles. The van der Waals surface area contributed by atoms with Crippen molar-refractivity contribution in [2.75, 3.05) is 0 Å². The molecule has 0 saturated carbocycles. The zero-order chi connectivity index (χ0) is 33.4. The van der Waals surface area contributed by atoms with Crippen LogP contribution in [0.25, 0.3) is 32.2 Å². The molecule has 45 heavy (non-hydrogen) atoms. The van der Waals surface area contributed by atoms with E-state index < -0.39 is 6.04 Å². The SMILES string of the molecule is CC.CC.CC(=O)NC(c1ccn(C(C)=O)n1)c1nc2c(s1)c1cnn(Cc3cccc4c3cnn4C)c(=O)c1n2C.CC=O. The van der Waals surface area contributed by atoms with Crippen LogP contribution in [-0.4, -0.2) is 57.0 Å². The summed E-state index contributed by atoms with van der Waals surface area (Å²) in [4.78, 5) is 50.8. The Hall–Kier alpha value is -4.98. The summed E-state index contributed by atoms with van der Waals surface area (Å²) in [6.45, 7) is 12.6. The number of aryl methyl sites for hydroxylation is 2. The molecule has 6 aromatic rings. The summed E-state index contributed by atoms with van der Waals surface area (Å²) < 4.78 is 7.00. The van der Waals surface area contributed by atoms with E-state index in [-0.39, 0.29) is 17.4 Å². The standard InChI is InChI=1S/C25H23N9O3S.C2H4O.2C2H6/c1-13(35)28-20(18-8-9-33(30-18)14(2)36)24-29-23-22(38-24)17-11-27-34(25(37)21(17)31(23)3)12-15-6-5-7-19-16(15)10-26-32(19)4;1-2-3;2*1-2/h5-11,20H,12H2,1-4H3,(H,28,35);2H,1H3;2*1-2H3. The van der Waals surface area contributed by atoms with Gasteiger partial charge in [0.2, 0.25) is 11.8 Å². The summed E-state index contributed by atoms with van der Waals surface area (Å²) in [6, 6.07) is 6.93. The number of aromatic nitrogens is 8. The second kappa shape index (κ2) is 15.1. The number of fused-ring (bicyclic) bond motifs is 4. The van der Waals surface area contributed by atoms with Gasteiger partial charge in [-0.15, -0.1) is 11.3 Å². The fourth-order valence-electron chi connectivity index (χ4n) is 4.71. The molecule has 1 amide bonds. The molecule has 1 N–H and O–H groups in total. The minimum atomic E-state index is -0.645. The highest BCUT2D eigenvalue weighted by molar-refractivity contribution is 7.19. The van der Waals surface area contributed by atoms with Crippen LogP contribution in [0.4, 0.5) is 0 Å². The molecule has 5 heterocycles. The number of rotatable bonds is 5. The van der Waals surface area contributed by atoms with E-state index in [1.165, 1.54) is 41.5 Å². The van der Waals surface area contributed by atoms with Crippen LogP contribution < -0.4 is 10.9 Å². The van der Waals surface area contributed by atoms with Crippen LogP contribution in [-0.2, 0) is 30.2 Å². The third-order valence-corrected chi connectivity index (χ3v) is 7.71. The highest BCUT2D eigenvalue weighted by Gasteiger charge is 2.26. The van der Waals surface area contributed by atoms with Crippen molar-refractivity contribution in [3.05, 3.63) is 69.5 Å². The summed E-state index contributed by atoms with van der Waals surface area (Å²) in [7, 11) is 3.67. The number of carbonyl (C=O) groups is 3. The Bertz CT molecular complexity index is 2010. The predicted molar refractivity (Wildman–Crippen MR) is 177 cm³/mol. The lowest BCUT2D eigenvalue weighted by atomic mass is 10.1. The van der Waals surface area contributed by atoms with Crippen LogP contribution in [0, 0.1) is 0 Å². The average Bonchev–Trinajstić information content (AvgIpc) is 3.82. The van der Waals surface area contributed by atoms with Gasteiger partial charge in [-0.2, -0.15) is 15.3 Å². The molecule has 1 unspecified atom stereocenters. The van der Waals surface area contributed by atoms with Gasteiger partial charge in [0.15, 0.2) is 5.65 Å². The number of hydrogen-bond acceptors (Lipinski definition) is 9. The fourth-order valence-corrected chi connectivity index (χ4v) is 5.88. The van der Waals surface area contributed by atoms with E-state index >= 15 is 0 Å². The molecule has 14 heteroatoms. The number of nitrogens with one attached hydrogen (secondary N) is 1. The molecule has 0 aliphatic carbocycles. The first-order valence-electron chi connectivity index (χ1n) is 14.6. The quantitative estimate of drug-likeness (QED) is 0.270. The molecule has 6 rings (SSSR count). The Morgan fingerprint density at radius 1 is 1.02 bits per heavy atom. The topological polar surface area (TPSA) is 152 Å². The molecule has 0 radical (unpaired) electrons. The van der Waals surface area contributed by atoms with Crippen molar-refractivity contribution in [3.63, 3.8) is 0 Å². The number of aldehydes is 1. The lowest BCUT2D eigenvalue weighted by Crippen LogP contribution is -2.27. The number of nitrogens with zero attached hydrogens (tertiary/aromatic N) is 8. The molecule has 0 fully saturated rings. The van der Waals surface area contributed by atoms with Crippen molar-refractivity contribution in [3.8, 4) is 0 Å². The summed E-state index contributed by atoms with van der Waals surface area (Å²) >= 11 is 1.35. The first-order chi connectivity index (χ1) is 21.6. The Labute approximate surface area is 264 Å². The van der Waals surface area contributed by atoms with Crippen molar-refractivity contribution in [1.82, 2.24) is 44.2 Å². The Kier molecular flexibility index (Phi) is 11.6. The number of amides is 1. The van der Waals surface area contributed by atoms with Gasteiger partial charge in [-0.25, -0.2) is 14.3 Å². The molecule has 238 valence electrons. The largest absolute Gasteiger partial charge is 0.341 e. The van der Waals surface area contributed by atoms with Crippen LogP contribution in [0.1, 0.15) is 75.6 Å². The fraction of sp³-hybridized carbons (Fsp3) is 0.355. The molecule has 1 aromatic carbocycles. The van der Waals surface area contributed by atoms with Gasteiger partial charge < -0.3 is 14.7 Å². The number of carbonyl (C=O) groups excluding carboxylic acids is 3. The molecule has 0 bridgehead atoms. The normalized spacial score (nSPS) is 11.1. The minimum absolute atomic E-state index is 0.226. The Morgan fingerprint density at radius 3 is 2.31 bits per heavy atom. The predicted octanol–water partition coefficient (Wildman–Crippen LogP) is 4.62. The second-order valence-corrected chi connectivity index (χ2v) is 10.4. The maximum absolute atomic E-state index is 13.5. The maximum atomic E-state index is 13.5. The molecule has 0 aliphatic rings. The molecule has 0 saturated heterocycles. The zero-order valence-electron chi connectivity index (χ0n) is 27.0. The smallest absolute Gasteiger partial charge is 0.291 e. The molecule has 0 spiro atoms. The third kappa shape index (κ3) is 6.90. The van der Waals surface area contributed by atoms with Crippen molar-refractivity contribution < 1.29 is 14.4 Å². The van der Waals surface area contributed by atoms with Crippen LogP contribution in [0.5, 0.6) is 0 Å². The van der Waals surface area contributed by atoms with Crippen LogP contribution in [0.2, 0.25) is 0 Å². The average molecular weight is 634 g/mol. The Balaban J connectivity index is 0.000000733. The molecular weight excluding hydrogens is 594 g/mol. The van der Waals surface area contributed by atoms with Crippen molar-refractivity contribution in [2.24, 2.45) is 14.1 Å². The maximum Gasteiger partial charge on any atom is 0.291 e. The molecule has 0 aliphatic heterocycles. The number of hydrogen-bond donors (Lipinski definition) is 1. The summed E-state index contributed by atoms with van der Waals surface area (Å²) in [5, 5.41) is 18.2. The van der Waals surface area contributed by atoms with Gasteiger partial charge in [0.25, 0.3) is 5.56 Å². The second-order valence-electron chi connectivity index (χ2n) is 9.33. The van der Waals surface area contributed by atoms with Gasteiger partial charge in [-0.05, 0) is 24.6 Å². The van der Waals surface area contributed by atoms with E-state index in [2.05, 4.69) is 20.6 Å². The molecule has 1 atom stereocenters. The summed E-state index contributed by atoms with van der Waals surface area (Å²) in [6.07, 6.45) is 5.78. The van der Waals surface area contributed by atoms with Crippen LogP contribution >= 0.6 is 11.3 Å². The zero-order valence-corrected chi connectivity index (χ0v) is 27.8. The van der Waals surface area contributed by atoms with E-state index in [0.29, 0.717) is 33.8 Å². The van der Waals surface area contributed by atoms with E-state index in [9.17, 15) is 14.4 Å². The van der Waals surface area contributed by atoms with Gasteiger partial charge in [-0.3, -0.25) is 19.1 Å². The van der Waals surface area contributed by atoms with Gasteiger partial charge in [0.05, 0.1) is 34.8 Å². The van der Waals surface area contributed by atoms with Gasteiger partial charge in [0, 0.05) is 44.9 Å². The first-order valence-corrected chi connectivity index (χ1v) is 15.4. The molecule has 13 nitrogen and oxygen atoms in total. The lowest BCUT2D eigenvalue weighted by molar-refractivity contribution is -0.119. The summed E-state index contributed by atoms with van der Waals surface area (Å²) in [5.74, 6) is -0.500. The number of thiazole rings is 1. The third-order valence-electron chi connectivity index (χ3n) is 6.57. The lowest BCUT2D eigenvalue weighted by Gasteiger charge is -2.13. The van der Waals surface area contributed by atoms with Gasteiger partial charge in [0.1, 0.15) is 22.9 Å². The highest BCUT2D eigenvalue weighted by atomic mass is 32.1. The van der Waals surface area contributed by atoms with E-state index in [1.54, 1.807) is 41.0 Å². The Morgan fingerprint density at radius 2 is 1.69 bits per heavy atom. The monoisotopic (exact) mass is 633 g/mol. The van der Waals surface area contributed by atoms with Gasteiger partial charge in [-0.1, -0.05) is 39.8 Å². The van der Waals surface area contributed by atoms with E-state index in [0.717, 1.165) is 27.5 Å². The van der Waals surface area contributed by atoms with Crippen LogP contribution in [0.15, 0.2) is 47.7 Å². The van der Waals surface area contributed by atoms with Crippen LogP contribution in [0.3, 0.4) is 0 Å². The highest BCUT2D eigenvalue weighted by Crippen LogP contribution is 2.35. The summed E-state index contributed by atoms with van der Waals surface area (Å²) in [5.41, 5.74) is 3.29. The van der Waals surface area contributed by atoms with E-state index in [4.69, 9.17) is 9.78 Å². The minimum Gasteiger partial charge on any atom is -0.341 e. The molecular formula is C31H39N9O4S. The van der Waals surface area contributed by atoms with Crippen molar-refractivity contribution >= 4 is 61.6 Å².